The maximum Gasteiger partial charge on any atom is 0.278 e. The molecule has 0 atom stereocenters. The Morgan fingerprint density at radius 2 is 2.04 bits per heavy atom. The Morgan fingerprint density at radius 1 is 1.30 bits per heavy atom. The van der Waals surface area contributed by atoms with Gasteiger partial charge in [-0.3, -0.25) is 9.79 Å². The third-order valence-corrected chi connectivity index (χ3v) is 3.74. The first-order valence-corrected chi connectivity index (χ1v) is 8.45. The summed E-state index contributed by atoms with van der Waals surface area (Å²) in [5.74, 6) is -1.01. The number of amides is 1. The van der Waals surface area contributed by atoms with E-state index in [0.29, 0.717) is 24.1 Å². The average molecular weight is 369 g/mol. The molecule has 142 valence electrons. The van der Waals surface area contributed by atoms with E-state index in [1.165, 1.54) is 0 Å². The van der Waals surface area contributed by atoms with Crippen LogP contribution in [0.2, 0.25) is 0 Å². The van der Waals surface area contributed by atoms with E-state index < -0.39 is 23.1 Å². The predicted molar refractivity (Wildman–Crippen MR) is 106 cm³/mol. The molecule has 0 aliphatic carbocycles. The molecule has 2 aromatic rings. The molecule has 1 aromatic carbocycles. The van der Waals surface area contributed by atoms with Gasteiger partial charge in [0, 0.05) is 17.1 Å². The van der Waals surface area contributed by atoms with Gasteiger partial charge in [0.25, 0.3) is 5.91 Å². The molecule has 0 saturated heterocycles. The third kappa shape index (κ3) is 5.31. The molecule has 7 nitrogen and oxygen atoms in total. The minimum atomic E-state index is -0.729. The lowest BCUT2D eigenvalue weighted by molar-refractivity contribution is -0.113. The fraction of sp³-hybridized carbons (Fsp3) is 0.250. The molecule has 1 aromatic heterocycles. The molecule has 0 saturated carbocycles. The molecule has 1 amide bonds. The Kier molecular flexibility index (Phi) is 6.54. The van der Waals surface area contributed by atoms with Crippen LogP contribution in [0, 0.1) is 5.92 Å². The van der Waals surface area contributed by atoms with Crippen LogP contribution < -0.4 is 10.1 Å². The van der Waals surface area contributed by atoms with Crippen molar-refractivity contribution in [1.82, 2.24) is 4.98 Å². The van der Waals surface area contributed by atoms with Crippen molar-refractivity contribution in [2.45, 2.75) is 20.3 Å². The summed E-state index contributed by atoms with van der Waals surface area (Å²) < 4.78 is 5.65. The molecule has 0 radical (unpaired) electrons. The molecular weight excluding hydrogens is 346 g/mol. The van der Waals surface area contributed by atoms with Crippen LogP contribution in [0.4, 0.5) is 5.69 Å². The van der Waals surface area contributed by atoms with Crippen LogP contribution in [0.5, 0.6) is 5.88 Å². The highest BCUT2D eigenvalue weighted by molar-refractivity contribution is 6.05. The van der Waals surface area contributed by atoms with Gasteiger partial charge in [-0.1, -0.05) is 20.4 Å². The minimum Gasteiger partial charge on any atom is -0.505 e. The Labute approximate surface area is 157 Å². The number of carbonyl (C=O) groups excluding carboxylic acids is 1. The zero-order valence-corrected chi connectivity index (χ0v) is 15.4. The van der Waals surface area contributed by atoms with Gasteiger partial charge in [-0.2, -0.15) is 0 Å². The Morgan fingerprint density at radius 3 is 2.67 bits per heavy atom. The van der Waals surface area contributed by atoms with Gasteiger partial charge in [0.2, 0.25) is 5.88 Å². The zero-order valence-electron chi connectivity index (χ0n) is 15.4. The maximum absolute atomic E-state index is 12.2. The molecule has 0 aliphatic heterocycles. The summed E-state index contributed by atoms with van der Waals surface area (Å²) in [6.07, 6.45) is 0.949. The number of benzene rings is 1. The number of hydrogen-bond donors (Lipinski definition) is 3. The van der Waals surface area contributed by atoms with Gasteiger partial charge in [0.05, 0.1) is 12.1 Å². The number of nitrogens with one attached hydrogen (secondary N) is 1. The molecular formula is C20H23N3O4. The van der Waals surface area contributed by atoms with Crippen LogP contribution >= 0.6 is 0 Å². The SMILES string of the molecule is C=N/C(C(=O)Nc1ccc2nc(OCCC(C)C)ccc2c1)=C(/O)C(=C)O. The summed E-state index contributed by atoms with van der Waals surface area (Å²) >= 11 is 0. The van der Waals surface area contributed by atoms with Gasteiger partial charge in [-0.15, -0.1) is 0 Å². The molecule has 2 rings (SSSR count). The number of hydrogen-bond acceptors (Lipinski definition) is 6. The zero-order chi connectivity index (χ0) is 20.0. The average Bonchev–Trinajstić information content (AvgIpc) is 2.61. The van der Waals surface area contributed by atoms with E-state index in [1.807, 2.05) is 6.07 Å². The Hall–Kier alpha value is -3.35. The monoisotopic (exact) mass is 369 g/mol. The highest BCUT2D eigenvalue weighted by atomic mass is 16.5. The van der Waals surface area contributed by atoms with Crippen LogP contribution in [0.1, 0.15) is 20.3 Å². The second kappa shape index (κ2) is 8.84. The minimum absolute atomic E-state index is 0.422. The standard InChI is InChI=1S/C20H23N3O4/c1-12(2)9-10-27-17-8-5-14-11-15(6-7-16(14)23-17)22-20(26)18(21-4)19(25)13(3)24/h5-8,11-12,24-25H,3-4,9-10H2,1-2H3,(H,22,26)/b19-18+. The smallest absolute Gasteiger partial charge is 0.278 e. The maximum atomic E-state index is 12.2. The van der Waals surface area contributed by atoms with Crippen LogP contribution in [-0.2, 0) is 4.79 Å². The summed E-state index contributed by atoms with van der Waals surface area (Å²) in [6, 6.07) is 8.75. The molecule has 0 bridgehead atoms. The number of anilines is 1. The number of aliphatic imine (C=N–C) groups is 1. The fourth-order valence-corrected chi connectivity index (χ4v) is 2.25. The molecule has 0 fully saturated rings. The van der Waals surface area contributed by atoms with Crippen molar-refractivity contribution in [3.05, 3.63) is 54.1 Å². The second-order valence-electron chi connectivity index (χ2n) is 6.34. The van der Waals surface area contributed by atoms with E-state index in [9.17, 15) is 15.0 Å². The summed E-state index contributed by atoms with van der Waals surface area (Å²) in [4.78, 5) is 20.1. The summed E-state index contributed by atoms with van der Waals surface area (Å²) in [5.41, 5.74) is 0.772. The van der Waals surface area contributed by atoms with Gasteiger partial charge < -0.3 is 20.3 Å². The lowest BCUT2D eigenvalue weighted by atomic mass is 10.1. The van der Waals surface area contributed by atoms with Crippen LogP contribution in [-0.4, -0.2) is 34.4 Å². The van der Waals surface area contributed by atoms with Crippen molar-refractivity contribution >= 4 is 29.2 Å². The number of nitrogens with zero attached hydrogens (tertiary/aromatic N) is 2. The third-order valence-electron chi connectivity index (χ3n) is 3.74. The van der Waals surface area contributed by atoms with Crippen molar-refractivity contribution in [3.8, 4) is 5.88 Å². The molecule has 3 N–H and O–H groups in total. The quantitative estimate of drug-likeness (QED) is 0.281. The summed E-state index contributed by atoms with van der Waals surface area (Å²) in [7, 11) is 0. The fourth-order valence-electron chi connectivity index (χ4n) is 2.25. The largest absolute Gasteiger partial charge is 0.505 e. The molecule has 7 heteroatoms. The number of carbonyl (C=O) groups is 1. The van der Waals surface area contributed by atoms with Gasteiger partial charge in [-0.05, 0) is 43.3 Å². The highest BCUT2D eigenvalue weighted by Crippen LogP contribution is 2.22. The number of rotatable bonds is 8. The number of aliphatic hydroxyl groups is 2. The van der Waals surface area contributed by atoms with Crippen molar-refractivity contribution in [3.63, 3.8) is 0 Å². The number of ether oxygens (including phenoxy) is 1. The first kappa shape index (κ1) is 20.0. The number of pyridine rings is 1. The van der Waals surface area contributed by atoms with E-state index in [-0.39, 0.29) is 0 Å². The second-order valence-corrected chi connectivity index (χ2v) is 6.34. The lowest BCUT2D eigenvalue weighted by Gasteiger charge is -2.10. The summed E-state index contributed by atoms with van der Waals surface area (Å²) in [6.45, 7) is 11.2. The van der Waals surface area contributed by atoms with Crippen LogP contribution in [0.15, 0.2) is 59.1 Å². The van der Waals surface area contributed by atoms with Crippen molar-refractivity contribution in [2.75, 3.05) is 11.9 Å². The van der Waals surface area contributed by atoms with Crippen LogP contribution in [0.3, 0.4) is 0 Å². The van der Waals surface area contributed by atoms with Gasteiger partial charge in [0.1, 0.15) is 0 Å². The van der Waals surface area contributed by atoms with E-state index >= 15 is 0 Å². The van der Waals surface area contributed by atoms with Crippen molar-refractivity contribution in [2.24, 2.45) is 10.9 Å². The van der Waals surface area contributed by atoms with E-state index in [4.69, 9.17) is 4.74 Å². The Balaban J connectivity index is 2.17. The lowest BCUT2D eigenvalue weighted by Crippen LogP contribution is -2.15. The highest BCUT2D eigenvalue weighted by Gasteiger charge is 2.16. The predicted octanol–water partition coefficient (Wildman–Crippen LogP) is 4.14. The Bertz CT molecular complexity index is 903. The van der Waals surface area contributed by atoms with E-state index in [1.54, 1.807) is 24.3 Å². The molecule has 1 heterocycles. The molecule has 0 unspecified atom stereocenters. The van der Waals surface area contributed by atoms with Gasteiger partial charge >= 0.3 is 0 Å². The number of aromatic nitrogens is 1. The van der Waals surface area contributed by atoms with Crippen molar-refractivity contribution < 1.29 is 19.7 Å². The van der Waals surface area contributed by atoms with Gasteiger partial charge in [0.15, 0.2) is 17.2 Å². The molecule has 0 aliphatic rings. The first-order chi connectivity index (χ1) is 12.8. The number of fused-ring (bicyclic) bond motifs is 1. The first-order valence-electron chi connectivity index (χ1n) is 8.45. The normalized spacial score (nSPS) is 11.8. The van der Waals surface area contributed by atoms with E-state index in [0.717, 1.165) is 17.3 Å². The number of aliphatic hydroxyl groups excluding tert-OH is 2. The summed E-state index contributed by atoms with van der Waals surface area (Å²) in [5, 5.41) is 22.2. The molecule has 0 spiro atoms. The van der Waals surface area contributed by atoms with E-state index in [2.05, 4.69) is 42.4 Å². The van der Waals surface area contributed by atoms with Crippen LogP contribution in [0.25, 0.3) is 10.9 Å². The molecule has 27 heavy (non-hydrogen) atoms. The van der Waals surface area contributed by atoms with Crippen molar-refractivity contribution in [1.29, 1.82) is 0 Å². The van der Waals surface area contributed by atoms with Gasteiger partial charge in [-0.25, -0.2) is 4.98 Å². The topological polar surface area (TPSA) is 104 Å².